The van der Waals surface area contributed by atoms with Crippen LogP contribution in [0.25, 0.3) is 0 Å². The highest BCUT2D eigenvalue weighted by atomic mass is 79.9. The number of benzene rings is 3. The Labute approximate surface area is 211 Å². The third-order valence-corrected chi connectivity index (χ3v) is 5.41. The topological polar surface area (TPSA) is 113 Å². The zero-order chi connectivity index (χ0) is 25.2. The summed E-state index contributed by atoms with van der Waals surface area (Å²) in [6.07, 6.45) is 1.39. The summed E-state index contributed by atoms with van der Waals surface area (Å²) < 4.78 is 12.4. The molecule has 0 saturated carbocycles. The number of rotatable bonds is 8. The van der Waals surface area contributed by atoms with Crippen molar-refractivity contribution in [2.45, 2.75) is 20.5 Å². The van der Waals surface area contributed by atoms with Gasteiger partial charge in [-0.1, -0.05) is 24.3 Å². The van der Waals surface area contributed by atoms with E-state index in [4.69, 9.17) is 14.7 Å². The van der Waals surface area contributed by atoms with Gasteiger partial charge in [-0.05, 0) is 82.9 Å². The number of ether oxygens (including phenoxy) is 2. The van der Waals surface area contributed by atoms with Crippen molar-refractivity contribution in [1.29, 1.82) is 5.26 Å². The lowest BCUT2D eigenvalue weighted by Crippen LogP contribution is -2.32. The van der Waals surface area contributed by atoms with Gasteiger partial charge >= 0.3 is 11.8 Å². The van der Waals surface area contributed by atoms with Crippen molar-refractivity contribution in [1.82, 2.24) is 5.43 Å². The molecule has 0 bridgehead atoms. The number of halogens is 1. The first-order chi connectivity index (χ1) is 16.9. The summed E-state index contributed by atoms with van der Waals surface area (Å²) in [4.78, 5) is 24.1. The highest BCUT2D eigenvalue weighted by Crippen LogP contribution is 2.37. The number of carbonyl (C=O) groups is 2. The molecule has 0 aromatic heterocycles. The monoisotopic (exact) mass is 534 g/mol. The van der Waals surface area contributed by atoms with Crippen molar-refractivity contribution in [2.75, 3.05) is 11.9 Å². The minimum atomic E-state index is -0.937. The van der Waals surface area contributed by atoms with Crippen LogP contribution >= 0.6 is 15.9 Å². The zero-order valence-corrected chi connectivity index (χ0v) is 20.8. The van der Waals surface area contributed by atoms with Gasteiger partial charge in [0.25, 0.3) is 0 Å². The van der Waals surface area contributed by atoms with Gasteiger partial charge in [0, 0.05) is 5.69 Å². The number of hydrazone groups is 1. The molecule has 178 valence electrons. The van der Waals surface area contributed by atoms with E-state index in [1.807, 2.05) is 44.2 Å². The fourth-order valence-corrected chi connectivity index (χ4v) is 3.59. The minimum Gasteiger partial charge on any atom is -0.490 e. The Morgan fingerprint density at radius 2 is 1.83 bits per heavy atom. The molecule has 0 fully saturated rings. The van der Waals surface area contributed by atoms with Gasteiger partial charge in [0.15, 0.2) is 11.5 Å². The summed E-state index contributed by atoms with van der Waals surface area (Å²) >= 11 is 3.51. The number of anilines is 1. The molecule has 8 nitrogen and oxygen atoms in total. The van der Waals surface area contributed by atoms with Crippen molar-refractivity contribution in [3.63, 3.8) is 0 Å². The first-order valence-electron chi connectivity index (χ1n) is 10.7. The van der Waals surface area contributed by atoms with Crippen molar-refractivity contribution < 1.29 is 19.1 Å². The van der Waals surface area contributed by atoms with Gasteiger partial charge in [0.1, 0.15) is 6.61 Å². The average Bonchev–Trinajstić information content (AvgIpc) is 2.85. The number of hydrogen-bond acceptors (Lipinski definition) is 6. The molecule has 0 spiro atoms. The van der Waals surface area contributed by atoms with Crippen LogP contribution in [0.5, 0.6) is 11.5 Å². The Morgan fingerprint density at radius 1 is 1.09 bits per heavy atom. The van der Waals surface area contributed by atoms with E-state index in [-0.39, 0.29) is 0 Å². The molecule has 0 heterocycles. The van der Waals surface area contributed by atoms with Gasteiger partial charge < -0.3 is 14.8 Å². The highest BCUT2D eigenvalue weighted by Gasteiger charge is 2.14. The number of nitriles is 1. The SMILES string of the molecule is CCOc1cc(C=NNC(=O)C(=O)Nc2ccc(C#N)cc2)cc(Br)c1OCc1ccccc1C. The van der Waals surface area contributed by atoms with Gasteiger partial charge in [0.05, 0.1) is 28.9 Å². The van der Waals surface area contributed by atoms with Crippen molar-refractivity contribution in [3.8, 4) is 17.6 Å². The van der Waals surface area contributed by atoms with Gasteiger partial charge in [-0.3, -0.25) is 9.59 Å². The molecule has 3 rings (SSSR count). The highest BCUT2D eigenvalue weighted by molar-refractivity contribution is 9.10. The number of hydrogen-bond donors (Lipinski definition) is 2. The Kier molecular flexibility index (Phi) is 8.98. The Bertz CT molecular complexity index is 1280. The molecule has 9 heteroatoms. The maximum absolute atomic E-state index is 12.1. The van der Waals surface area contributed by atoms with Crippen LogP contribution in [-0.2, 0) is 16.2 Å². The van der Waals surface area contributed by atoms with Crippen LogP contribution in [0.3, 0.4) is 0 Å². The lowest BCUT2D eigenvalue weighted by molar-refractivity contribution is -0.136. The molecule has 0 radical (unpaired) electrons. The lowest BCUT2D eigenvalue weighted by Gasteiger charge is -2.15. The fourth-order valence-electron chi connectivity index (χ4n) is 3.02. The van der Waals surface area contributed by atoms with E-state index in [2.05, 4.69) is 31.8 Å². The van der Waals surface area contributed by atoms with E-state index in [0.717, 1.165) is 11.1 Å². The zero-order valence-electron chi connectivity index (χ0n) is 19.2. The molecule has 0 atom stereocenters. The molecule has 0 aliphatic rings. The van der Waals surface area contributed by atoms with Gasteiger partial charge in [-0.2, -0.15) is 10.4 Å². The number of carbonyl (C=O) groups excluding carboxylic acids is 2. The number of aryl methyl sites for hydroxylation is 1. The normalized spacial score (nSPS) is 10.5. The molecule has 0 aliphatic carbocycles. The van der Waals surface area contributed by atoms with Crippen LogP contribution in [-0.4, -0.2) is 24.6 Å². The quantitative estimate of drug-likeness (QED) is 0.247. The average molecular weight is 535 g/mol. The van der Waals surface area contributed by atoms with Crippen LogP contribution in [0.2, 0.25) is 0 Å². The van der Waals surface area contributed by atoms with Crippen LogP contribution < -0.4 is 20.2 Å². The van der Waals surface area contributed by atoms with Crippen LogP contribution in [0, 0.1) is 18.3 Å². The van der Waals surface area contributed by atoms with E-state index in [0.29, 0.717) is 46.0 Å². The summed E-state index contributed by atoms with van der Waals surface area (Å²) in [5.74, 6) is -0.754. The maximum atomic E-state index is 12.1. The van der Waals surface area contributed by atoms with Gasteiger partial charge in [-0.25, -0.2) is 5.43 Å². The third-order valence-electron chi connectivity index (χ3n) is 4.82. The molecule has 35 heavy (non-hydrogen) atoms. The smallest absolute Gasteiger partial charge is 0.329 e. The van der Waals surface area contributed by atoms with Crippen molar-refractivity contribution in [2.24, 2.45) is 5.10 Å². The summed E-state index contributed by atoms with van der Waals surface area (Å²) in [5, 5.41) is 15.1. The molecule has 0 aliphatic heterocycles. The predicted octanol–water partition coefficient (Wildman–Crippen LogP) is 4.70. The lowest BCUT2D eigenvalue weighted by atomic mass is 10.1. The molecular weight excluding hydrogens is 512 g/mol. The molecule has 2 N–H and O–H groups in total. The van der Waals surface area contributed by atoms with Gasteiger partial charge in [-0.15, -0.1) is 0 Å². The summed E-state index contributed by atoms with van der Waals surface area (Å²) in [6.45, 7) is 4.70. The number of nitrogens with zero attached hydrogens (tertiary/aromatic N) is 2. The second-order valence-corrected chi connectivity index (χ2v) is 8.17. The minimum absolute atomic E-state index is 0.378. The van der Waals surface area contributed by atoms with E-state index in [1.165, 1.54) is 30.5 Å². The Hall–Kier alpha value is -4.16. The van der Waals surface area contributed by atoms with Crippen LogP contribution in [0.15, 0.2) is 70.2 Å². The van der Waals surface area contributed by atoms with E-state index >= 15 is 0 Å². The largest absolute Gasteiger partial charge is 0.490 e. The second kappa shape index (κ2) is 12.3. The Morgan fingerprint density at radius 3 is 2.51 bits per heavy atom. The maximum Gasteiger partial charge on any atom is 0.329 e. The van der Waals surface area contributed by atoms with E-state index in [9.17, 15) is 9.59 Å². The van der Waals surface area contributed by atoms with Crippen molar-refractivity contribution >= 4 is 39.6 Å². The molecule has 0 saturated heterocycles. The van der Waals surface area contributed by atoms with Crippen LogP contribution in [0.4, 0.5) is 5.69 Å². The van der Waals surface area contributed by atoms with Crippen LogP contribution in [0.1, 0.15) is 29.2 Å². The van der Waals surface area contributed by atoms with E-state index in [1.54, 1.807) is 12.1 Å². The van der Waals surface area contributed by atoms with E-state index < -0.39 is 11.8 Å². The van der Waals surface area contributed by atoms with Crippen molar-refractivity contribution in [3.05, 3.63) is 87.4 Å². The third kappa shape index (κ3) is 7.16. The predicted molar refractivity (Wildman–Crippen MR) is 136 cm³/mol. The summed E-state index contributed by atoms with van der Waals surface area (Å²) in [7, 11) is 0. The molecule has 3 aromatic carbocycles. The Balaban J connectivity index is 1.64. The molecule has 2 amide bonds. The summed E-state index contributed by atoms with van der Waals surface area (Å²) in [6, 6.07) is 19.6. The van der Waals surface area contributed by atoms with Gasteiger partial charge in [0.2, 0.25) is 0 Å². The molecule has 0 unspecified atom stereocenters. The molecular formula is C26H23BrN4O4. The number of nitrogens with one attached hydrogen (secondary N) is 2. The first kappa shape index (κ1) is 25.5. The summed E-state index contributed by atoms with van der Waals surface area (Å²) in [5.41, 5.74) is 5.84. The molecule has 3 aromatic rings. The standard InChI is InChI=1S/C26H23BrN4O4/c1-3-34-23-13-19(12-22(27)24(23)35-16-20-7-5-4-6-17(20)2)15-29-31-26(33)25(32)30-21-10-8-18(14-28)9-11-21/h4-13,15H,3,16H2,1-2H3,(H,30,32)(H,31,33). The number of amides is 2. The second-order valence-electron chi connectivity index (χ2n) is 7.32. The first-order valence-corrected chi connectivity index (χ1v) is 11.5. The fraction of sp³-hybridized carbons (Fsp3) is 0.154.